The zero-order valence-electron chi connectivity index (χ0n) is 16.4. The molecule has 3 aromatic rings. The second-order valence-electron chi connectivity index (χ2n) is 6.55. The summed E-state index contributed by atoms with van der Waals surface area (Å²) in [6.07, 6.45) is -1.18. The second-order valence-corrected chi connectivity index (χ2v) is 6.96. The lowest BCUT2D eigenvalue weighted by Crippen LogP contribution is -2.32. The number of esters is 1. The molecule has 0 spiro atoms. The highest BCUT2D eigenvalue weighted by Gasteiger charge is 2.19. The summed E-state index contributed by atoms with van der Waals surface area (Å²) in [7, 11) is 0. The van der Waals surface area contributed by atoms with E-state index in [1.54, 1.807) is 18.2 Å². The molecule has 158 valence electrons. The average molecular weight is 440 g/mol. The van der Waals surface area contributed by atoms with Crippen LogP contribution in [-0.2, 0) is 14.3 Å². The lowest BCUT2D eigenvalue weighted by molar-refractivity contribution is -0.153. The number of hydrogen-bond donors (Lipinski definition) is 3. The maximum atomic E-state index is 12.3. The Morgan fingerprint density at radius 1 is 1.26 bits per heavy atom. The minimum Gasteiger partial charge on any atom is -0.452 e. The molecule has 3 N–H and O–H groups in total. The molecule has 1 aromatic heterocycles. The van der Waals surface area contributed by atoms with Gasteiger partial charge in [0.25, 0.3) is 11.8 Å². The molecule has 1 heterocycles. The number of fused-ring (bicyclic) bond motifs is 1. The van der Waals surface area contributed by atoms with E-state index >= 15 is 0 Å². The highest BCUT2D eigenvalue weighted by Crippen LogP contribution is 2.20. The SMILES string of the molecule is CC(OC(=O)CCNC(=O)c1n[nH]c2ccccc12)C(=O)Nc1ccc(C#N)c(Cl)c1. The number of carbonyl (C=O) groups is 3. The smallest absolute Gasteiger partial charge is 0.308 e. The Labute approximate surface area is 182 Å². The van der Waals surface area contributed by atoms with Crippen LogP contribution in [0.15, 0.2) is 42.5 Å². The molecule has 0 aliphatic rings. The summed E-state index contributed by atoms with van der Waals surface area (Å²) < 4.78 is 5.09. The second kappa shape index (κ2) is 9.73. The van der Waals surface area contributed by atoms with Gasteiger partial charge in [-0.1, -0.05) is 29.8 Å². The van der Waals surface area contributed by atoms with Gasteiger partial charge in [-0.2, -0.15) is 10.4 Å². The largest absolute Gasteiger partial charge is 0.452 e. The van der Waals surface area contributed by atoms with Crippen molar-refractivity contribution in [3.63, 3.8) is 0 Å². The number of nitriles is 1. The summed E-state index contributed by atoms with van der Waals surface area (Å²) in [6.45, 7) is 1.45. The zero-order valence-corrected chi connectivity index (χ0v) is 17.2. The normalized spacial score (nSPS) is 11.4. The van der Waals surface area contributed by atoms with Crippen LogP contribution in [0.5, 0.6) is 0 Å². The molecule has 1 atom stereocenters. The van der Waals surface area contributed by atoms with Gasteiger partial charge >= 0.3 is 5.97 Å². The summed E-state index contributed by atoms with van der Waals surface area (Å²) in [6, 6.07) is 13.5. The van der Waals surface area contributed by atoms with Crippen molar-refractivity contribution in [3.8, 4) is 6.07 Å². The predicted octanol–water partition coefficient (Wildman–Crippen LogP) is 2.78. The standard InChI is InChI=1S/C21H18ClN5O4/c1-12(20(29)25-14-7-6-13(11-23)16(22)10-14)31-18(28)8-9-24-21(30)19-15-4-2-3-5-17(15)26-27-19/h2-7,10,12H,8-9H2,1H3,(H,24,30)(H,25,29)(H,26,27). The van der Waals surface area contributed by atoms with Gasteiger partial charge < -0.3 is 15.4 Å². The number of ether oxygens (including phenoxy) is 1. The van der Waals surface area contributed by atoms with Crippen molar-refractivity contribution >= 4 is 46.0 Å². The van der Waals surface area contributed by atoms with Crippen molar-refractivity contribution in [1.82, 2.24) is 15.5 Å². The molecule has 0 fully saturated rings. The molecular weight excluding hydrogens is 422 g/mol. The van der Waals surface area contributed by atoms with Crippen LogP contribution in [0.2, 0.25) is 5.02 Å². The summed E-state index contributed by atoms with van der Waals surface area (Å²) in [5.74, 6) is -1.62. The number of nitrogens with one attached hydrogen (secondary N) is 3. The molecule has 0 saturated carbocycles. The molecule has 0 radical (unpaired) electrons. The minimum atomic E-state index is -1.06. The number of nitrogens with zero attached hydrogens (tertiary/aromatic N) is 2. The van der Waals surface area contributed by atoms with Gasteiger partial charge in [-0.15, -0.1) is 0 Å². The molecule has 3 rings (SSSR count). The number of rotatable bonds is 7. The molecule has 31 heavy (non-hydrogen) atoms. The van der Waals surface area contributed by atoms with E-state index in [2.05, 4.69) is 20.8 Å². The quantitative estimate of drug-likeness (QED) is 0.484. The fourth-order valence-corrected chi connectivity index (χ4v) is 2.96. The third kappa shape index (κ3) is 5.38. The minimum absolute atomic E-state index is 0.0262. The van der Waals surface area contributed by atoms with Crippen LogP contribution in [0.4, 0.5) is 5.69 Å². The molecule has 0 saturated heterocycles. The van der Waals surface area contributed by atoms with Crippen molar-refractivity contribution in [1.29, 1.82) is 5.26 Å². The van der Waals surface area contributed by atoms with Crippen LogP contribution in [0.3, 0.4) is 0 Å². The third-order valence-electron chi connectivity index (χ3n) is 4.33. The fraction of sp³-hybridized carbons (Fsp3) is 0.190. The van der Waals surface area contributed by atoms with Crippen LogP contribution < -0.4 is 10.6 Å². The van der Waals surface area contributed by atoms with Crippen LogP contribution in [0.1, 0.15) is 29.4 Å². The Hall–Kier alpha value is -3.90. The van der Waals surface area contributed by atoms with Crippen LogP contribution in [0, 0.1) is 11.3 Å². The van der Waals surface area contributed by atoms with Crippen molar-refractivity contribution in [2.45, 2.75) is 19.4 Å². The molecular formula is C21H18ClN5O4. The number of hydrogen-bond acceptors (Lipinski definition) is 6. The number of para-hydroxylation sites is 1. The Bertz CT molecular complexity index is 1180. The predicted molar refractivity (Wildman–Crippen MR) is 113 cm³/mol. The molecule has 0 aliphatic heterocycles. The molecule has 1 unspecified atom stereocenters. The number of H-pyrrole nitrogens is 1. The molecule has 10 heteroatoms. The summed E-state index contributed by atoms with van der Waals surface area (Å²) in [4.78, 5) is 36.5. The van der Waals surface area contributed by atoms with Crippen LogP contribution in [0.25, 0.3) is 10.9 Å². The molecule has 0 bridgehead atoms. The average Bonchev–Trinajstić information content (AvgIpc) is 3.18. The van der Waals surface area contributed by atoms with Gasteiger partial charge in [-0.3, -0.25) is 19.5 Å². The van der Waals surface area contributed by atoms with E-state index in [-0.39, 0.29) is 29.2 Å². The van der Waals surface area contributed by atoms with Gasteiger partial charge in [0.1, 0.15) is 6.07 Å². The number of benzene rings is 2. The van der Waals surface area contributed by atoms with Crippen molar-refractivity contribution in [3.05, 3.63) is 58.7 Å². The van der Waals surface area contributed by atoms with E-state index in [0.717, 1.165) is 5.52 Å². The Morgan fingerprint density at radius 3 is 2.77 bits per heavy atom. The van der Waals surface area contributed by atoms with Crippen LogP contribution in [-0.4, -0.2) is 40.6 Å². The number of aromatic amines is 1. The Morgan fingerprint density at radius 2 is 2.03 bits per heavy atom. The van der Waals surface area contributed by atoms with Crippen molar-refractivity contribution in [2.75, 3.05) is 11.9 Å². The first kappa shape index (κ1) is 21.8. The Kier molecular flexibility index (Phi) is 6.85. The van der Waals surface area contributed by atoms with Gasteiger partial charge in [0.15, 0.2) is 11.8 Å². The van der Waals surface area contributed by atoms with Crippen LogP contribution >= 0.6 is 11.6 Å². The number of aromatic nitrogens is 2. The Balaban J connectivity index is 1.45. The topological polar surface area (TPSA) is 137 Å². The van der Waals surface area contributed by atoms with Gasteiger partial charge in [-0.25, -0.2) is 0 Å². The lowest BCUT2D eigenvalue weighted by Gasteiger charge is -2.14. The summed E-state index contributed by atoms with van der Waals surface area (Å²) in [5, 5.41) is 21.7. The molecule has 2 aromatic carbocycles. The molecule has 9 nitrogen and oxygen atoms in total. The number of carbonyl (C=O) groups excluding carboxylic acids is 3. The molecule has 0 aliphatic carbocycles. The molecule has 2 amide bonds. The van der Waals surface area contributed by atoms with E-state index in [1.165, 1.54) is 25.1 Å². The van der Waals surface area contributed by atoms with Gasteiger partial charge in [0.05, 0.1) is 22.5 Å². The van der Waals surface area contributed by atoms with E-state index in [4.69, 9.17) is 21.6 Å². The van der Waals surface area contributed by atoms with E-state index in [0.29, 0.717) is 11.1 Å². The van der Waals surface area contributed by atoms with Gasteiger partial charge in [0, 0.05) is 17.6 Å². The zero-order chi connectivity index (χ0) is 22.4. The number of amides is 2. The maximum Gasteiger partial charge on any atom is 0.308 e. The number of anilines is 1. The monoisotopic (exact) mass is 439 g/mol. The van der Waals surface area contributed by atoms with E-state index < -0.39 is 23.9 Å². The van der Waals surface area contributed by atoms with E-state index in [1.807, 2.05) is 12.1 Å². The van der Waals surface area contributed by atoms with Crippen molar-refractivity contribution < 1.29 is 19.1 Å². The first-order valence-corrected chi connectivity index (χ1v) is 9.68. The van der Waals surface area contributed by atoms with E-state index in [9.17, 15) is 14.4 Å². The fourth-order valence-electron chi connectivity index (χ4n) is 2.74. The highest BCUT2D eigenvalue weighted by atomic mass is 35.5. The maximum absolute atomic E-state index is 12.3. The van der Waals surface area contributed by atoms with Gasteiger partial charge in [0.2, 0.25) is 0 Å². The first-order chi connectivity index (χ1) is 14.9. The lowest BCUT2D eigenvalue weighted by atomic mass is 10.2. The highest BCUT2D eigenvalue weighted by molar-refractivity contribution is 6.32. The summed E-state index contributed by atoms with van der Waals surface area (Å²) in [5.41, 5.74) is 1.62. The van der Waals surface area contributed by atoms with Gasteiger partial charge in [-0.05, 0) is 31.2 Å². The van der Waals surface area contributed by atoms with Crippen molar-refractivity contribution in [2.24, 2.45) is 0 Å². The summed E-state index contributed by atoms with van der Waals surface area (Å²) >= 11 is 5.93. The third-order valence-corrected chi connectivity index (χ3v) is 4.65. The number of halogens is 1. The first-order valence-electron chi connectivity index (χ1n) is 9.30.